The van der Waals surface area contributed by atoms with Gasteiger partial charge in [-0.25, -0.2) is 4.98 Å². The largest absolute Gasteiger partial charge is 0.508 e. The summed E-state index contributed by atoms with van der Waals surface area (Å²) in [6.45, 7) is 3.60. The Bertz CT molecular complexity index is 739. The fourth-order valence-corrected chi connectivity index (χ4v) is 2.67. The molecule has 3 N–H and O–H groups in total. The van der Waals surface area contributed by atoms with Crippen molar-refractivity contribution in [2.75, 3.05) is 6.54 Å². The Morgan fingerprint density at radius 1 is 1.38 bits per heavy atom. The maximum atomic E-state index is 12.0. The first-order valence-corrected chi connectivity index (χ1v) is 6.85. The molecule has 0 amide bonds. The van der Waals surface area contributed by atoms with Gasteiger partial charge >= 0.3 is 0 Å². The maximum absolute atomic E-state index is 12.0. The van der Waals surface area contributed by atoms with E-state index in [2.05, 4.69) is 14.9 Å². The van der Waals surface area contributed by atoms with Gasteiger partial charge in [-0.2, -0.15) is 0 Å². The van der Waals surface area contributed by atoms with Gasteiger partial charge in [0.15, 0.2) is 0 Å². The number of hydrogen-bond donors (Lipinski definition) is 3. The molecule has 0 radical (unpaired) electrons. The van der Waals surface area contributed by atoms with Crippen LogP contribution in [0, 0.1) is 6.92 Å². The summed E-state index contributed by atoms with van der Waals surface area (Å²) in [6.07, 6.45) is 0.721. The average Bonchev–Trinajstić information content (AvgIpc) is 2.42. The van der Waals surface area contributed by atoms with E-state index in [1.54, 1.807) is 19.1 Å². The lowest BCUT2D eigenvalue weighted by Gasteiger charge is -2.27. The number of aryl methyl sites for hydroxylation is 1. The number of nitrogens with one attached hydrogen (secondary N) is 1. The van der Waals surface area contributed by atoms with Crippen LogP contribution in [-0.2, 0) is 19.5 Å². The second kappa shape index (κ2) is 5.21. The van der Waals surface area contributed by atoms with Crippen LogP contribution in [0.4, 0.5) is 0 Å². The standard InChI is InChI=1S/C15H17N3O3/c1-9-16-13-4-5-18(8-12(13)15(21)17-9)7-10-2-3-11(19)6-14(10)20/h2-3,6,19-20H,4-5,7-8H2,1H3,(H,16,17,21). The van der Waals surface area contributed by atoms with Crippen LogP contribution in [0.3, 0.4) is 0 Å². The van der Waals surface area contributed by atoms with Crippen molar-refractivity contribution in [3.8, 4) is 11.5 Å². The fraction of sp³-hybridized carbons (Fsp3) is 0.333. The van der Waals surface area contributed by atoms with Gasteiger partial charge in [-0.15, -0.1) is 0 Å². The molecule has 0 bridgehead atoms. The van der Waals surface area contributed by atoms with Gasteiger partial charge in [-0.1, -0.05) is 6.07 Å². The van der Waals surface area contributed by atoms with Crippen molar-refractivity contribution < 1.29 is 10.2 Å². The number of aromatic nitrogens is 2. The molecule has 0 saturated carbocycles. The van der Waals surface area contributed by atoms with Gasteiger partial charge in [-0.3, -0.25) is 9.69 Å². The third-order valence-corrected chi connectivity index (χ3v) is 3.73. The van der Waals surface area contributed by atoms with Gasteiger partial charge in [0.05, 0.1) is 11.3 Å². The molecule has 2 aromatic rings. The Morgan fingerprint density at radius 3 is 2.95 bits per heavy atom. The highest BCUT2D eigenvalue weighted by Gasteiger charge is 2.21. The molecule has 1 aromatic carbocycles. The summed E-state index contributed by atoms with van der Waals surface area (Å²) in [5.41, 5.74) is 2.21. The molecular formula is C15H17N3O3. The molecule has 0 unspecified atom stereocenters. The molecule has 0 saturated heterocycles. The molecule has 2 heterocycles. The molecule has 3 rings (SSSR count). The molecule has 1 aliphatic rings. The predicted molar refractivity (Wildman–Crippen MR) is 77.2 cm³/mol. The third-order valence-electron chi connectivity index (χ3n) is 3.73. The first-order valence-electron chi connectivity index (χ1n) is 6.85. The van der Waals surface area contributed by atoms with Gasteiger partial charge in [0.25, 0.3) is 5.56 Å². The van der Waals surface area contributed by atoms with Crippen molar-refractivity contribution in [2.45, 2.75) is 26.4 Å². The Hall–Kier alpha value is -2.34. The van der Waals surface area contributed by atoms with Crippen molar-refractivity contribution in [1.82, 2.24) is 14.9 Å². The summed E-state index contributed by atoms with van der Waals surface area (Å²) in [5.74, 6) is 0.747. The minimum Gasteiger partial charge on any atom is -0.508 e. The lowest BCUT2D eigenvalue weighted by molar-refractivity contribution is 0.238. The van der Waals surface area contributed by atoms with E-state index < -0.39 is 0 Å². The Labute approximate surface area is 121 Å². The lowest BCUT2D eigenvalue weighted by Crippen LogP contribution is -2.35. The highest BCUT2D eigenvalue weighted by Crippen LogP contribution is 2.25. The van der Waals surface area contributed by atoms with Gasteiger partial charge in [0.2, 0.25) is 0 Å². The second-order valence-corrected chi connectivity index (χ2v) is 5.35. The number of benzene rings is 1. The molecular weight excluding hydrogens is 270 g/mol. The normalized spacial score (nSPS) is 14.9. The molecule has 0 atom stereocenters. The predicted octanol–water partition coefficient (Wildman–Crippen LogP) is 1.05. The average molecular weight is 287 g/mol. The summed E-state index contributed by atoms with van der Waals surface area (Å²) >= 11 is 0. The van der Waals surface area contributed by atoms with Gasteiger partial charge in [-0.05, 0) is 13.0 Å². The van der Waals surface area contributed by atoms with Crippen LogP contribution in [0.2, 0.25) is 0 Å². The second-order valence-electron chi connectivity index (χ2n) is 5.35. The molecule has 110 valence electrons. The fourth-order valence-electron chi connectivity index (χ4n) is 2.67. The number of hydrogen-bond acceptors (Lipinski definition) is 5. The number of aromatic amines is 1. The quantitative estimate of drug-likeness (QED) is 0.768. The van der Waals surface area contributed by atoms with Gasteiger partial charge in [0, 0.05) is 37.7 Å². The number of fused-ring (bicyclic) bond motifs is 1. The number of aromatic hydroxyl groups is 2. The van der Waals surface area contributed by atoms with Gasteiger partial charge < -0.3 is 15.2 Å². The van der Waals surface area contributed by atoms with Crippen LogP contribution < -0.4 is 5.56 Å². The molecule has 21 heavy (non-hydrogen) atoms. The first-order chi connectivity index (χ1) is 10.0. The van der Waals surface area contributed by atoms with Crippen LogP contribution in [0.25, 0.3) is 0 Å². The minimum absolute atomic E-state index is 0.0383. The molecule has 6 nitrogen and oxygen atoms in total. The summed E-state index contributed by atoms with van der Waals surface area (Å²) < 4.78 is 0. The smallest absolute Gasteiger partial charge is 0.255 e. The molecule has 0 aliphatic carbocycles. The Balaban J connectivity index is 1.82. The molecule has 1 aliphatic heterocycles. The molecule has 0 fully saturated rings. The summed E-state index contributed by atoms with van der Waals surface area (Å²) in [7, 11) is 0. The molecule has 6 heteroatoms. The van der Waals surface area contributed by atoms with Crippen molar-refractivity contribution >= 4 is 0 Å². The van der Waals surface area contributed by atoms with Crippen molar-refractivity contribution in [2.24, 2.45) is 0 Å². The van der Waals surface area contributed by atoms with E-state index in [1.807, 2.05) is 0 Å². The molecule has 0 spiro atoms. The van der Waals surface area contributed by atoms with Crippen LogP contribution in [0.1, 0.15) is 22.6 Å². The first kappa shape index (κ1) is 13.6. The van der Waals surface area contributed by atoms with Crippen LogP contribution >= 0.6 is 0 Å². The summed E-state index contributed by atoms with van der Waals surface area (Å²) in [5, 5.41) is 19.1. The van der Waals surface area contributed by atoms with E-state index in [0.29, 0.717) is 24.5 Å². The highest BCUT2D eigenvalue weighted by molar-refractivity contribution is 5.39. The maximum Gasteiger partial charge on any atom is 0.255 e. The SMILES string of the molecule is Cc1nc2c(c(=O)[nH]1)CN(Cc1ccc(O)cc1O)CC2. The van der Waals surface area contributed by atoms with Crippen LogP contribution in [-0.4, -0.2) is 31.6 Å². The number of H-pyrrole nitrogens is 1. The zero-order valence-corrected chi connectivity index (χ0v) is 11.8. The van der Waals surface area contributed by atoms with E-state index in [0.717, 1.165) is 24.2 Å². The number of nitrogens with zero attached hydrogens (tertiary/aromatic N) is 2. The zero-order chi connectivity index (χ0) is 15.0. The topological polar surface area (TPSA) is 89.5 Å². The highest BCUT2D eigenvalue weighted by atomic mass is 16.3. The molecule has 1 aromatic heterocycles. The van der Waals surface area contributed by atoms with Crippen molar-refractivity contribution in [3.05, 3.63) is 51.2 Å². The number of phenolic OH excluding ortho intramolecular Hbond substituents is 2. The van der Waals surface area contributed by atoms with E-state index in [-0.39, 0.29) is 17.1 Å². The van der Waals surface area contributed by atoms with E-state index in [4.69, 9.17) is 0 Å². The third kappa shape index (κ3) is 2.75. The minimum atomic E-state index is -0.0860. The summed E-state index contributed by atoms with van der Waals surface area (Å²) in [4.78, 5) is 21.2. The van der Waals surface area contributed by atoms with Crippen LogP contribution in [0.5, 0.6) is 11.5 Å². The van der Waals surface area contributed by atoms with E-state index >= 15 is 0 Å². The van der Waals surface area contributed by atoms with E-state index in [9.17, 15) is 15.0 Å². The lowest BCUT2D eigenvalue weighted by atomic mass is 10.1. The van der Waals surface area contributed by atoms with Gasteiger partial charge in [0.1, 0.15) is 17.3 Å². The van der Waals surface area contributed by atoms with E-state index in [1.165, 1.54) is 6.07 Å². The van der Waals surface area contributed by atoms with Crippen LogP contribution in [0.15, 0.2) is 23.0 Å². The zero-order valence-electron chi connectivity index (χ0n) is 11.8. The number of rotatable bonds is 2. The monoisotopic (exact) mass is 287 g/mol. The summed E-state index contributed by atoms with van der Waals surface area (Å²) in [6, 6.07) is 4.56. The number of phenols is 2. The van der Waals surface area contributed by atoms with Crippen molar-refractivity contribution in [1.29, 1.82) is 0 Å². The Kier molecular flexibility index (Phi) is 3.39. The van der Waals surface area contributed by atoms with Crippen molar-refractivity contribution in [3.63, 3.8) is 0 Å². The Morgan fingerprint density at radius 2 is 2.19 bits per heavy atom.